The Kier molecular flexibility index (Phi) is 5.73. The summed E-state index contributed by atoms with van der Waals surface area (Å²) in [5.74, 6) is 0.0235. The van der Waals surface area contributed by atoms with Crippen LogP contribution < -0.4 is 10.6 Å². The molecule has 2 aromatic carbocycles. The van der Waals surface area contributed by atoms with E-state index in [1.807, 2.05) is 35.2 Å². The molecule has 122 valence electrons. The Hall–Kier alpha value is -2.37. The normalized spacial score (nSPS) is 10.6. The second kappa shape index (κ2) is 7.76. The van der Waals surface area contributed by atoms with Gasteiger partial charge in [-0.05, 0) is 30.7 Å². The minimum atomic E-state index is 0.00696. The van der Waals surface area contributed by atoms with Crippen LogP contribution in [0.15, 0.2) is 42.5 Å². The maximum atomic E-state index is 11.4. The van der Waals surface area contributed by atoms with Gasteiger partial charge < -0.3 is 20.8 Å². The van der Waals surface area contributed by atoms with Gasteiger partial charge in [-0.15, -0.1) is 0 Å². The van der Waals surface area contributed by atoms with Gasteiger partial charge in [-0.3, -0.25) is 4.79 Å². The van der Waals surface area contributed by atoms with Crippen molar-refractivity contribution in [1.29, 1.82) is 0 Å². The molecule has 0 saturated carbocycles. The quantitative estimate of drug-likeness (QED) is 0.537. The fraction of sp³-hybridized carbons (Fsp3) is 0.278. The van der Waals surface area contributed by atoms with E-state index < -0.39 is 0 Å². The summed E-state index contributed by atoms with van der Waals surface area (Å²) in [5, 5.41) is 18.3. The molecule has 0 spiro atoms. The maximum Gasteiger partial charge on any atom is 0.159 e. The van der Waals surface area contributed by atoms with Gasteiger partial charge in [0.25, 0.3) is 0 Å². The van der Waals surface area contributed by atoms with Crippen molar-refractivity contribution in [2.24, 2.45) is 0 Å². The number of nitrogens with zero attached hydrogens (tertiary/aromatic N) is 1. The number of hydrogen-bond acceptors (Lipinski definition) is 5. The molecule has 0 fully saturated rings. The largest absolute Gasteiger partial charge is 0.398 e. The van der Waals surface area contributed by atoms with Gasteiger partial charge in [0, 0.05) is 35.6 Å². The first kappa shape index (κ1) is 17.0. The van der Waals surface area contributed by atoms with Crippen molar-refractivity contribution in [2.75, 3.05) is 36.9 Å². The fourth-order valence-corrected chi connectivity index (χ4v) is 2.49. The lowest BCUT2D eigenvalue weighted by Gasteiger charge is -2.24. The summed E-state index contributed by atoms with van der Waals surface area (Å²) in [4.78, 5) is 13.3. The molecule has 4 N–H and O–H groups in total. The number of ketones is 1. The number of aliphatic hydroxyl groups is 2. The van der Waals surface area contributed by atoms with E-state index in [1.54, 1.807) is 12.1 Å². The summed E-state index contributed by atoms with van der Waals surface area (Å²) in [7, 11) is 0. The van der Waals surface area contributed by atoms with E-state index in [2.05, 4.69) is 0 Å². The molecule has 0 aromatic heterocycles. The highest BCUT2D eigenvalue weighted by atomic mass is 16.3. The van der Waals surface area contributed by atoms with Gasteiger partial charge in [0.2, 0.25) is 0 Å². The van der Waals surface area contributed by atoms with Crippen LogP contribution in [0.5, 0.6) is 0 Å². The summed E-state index contributed by atoms with van der Waals surface area (Å²) in [5.41, 5.74) is 10.0. The van der Waals surface area contributed by atoms with Crippen LogP contribution in [0.1, 0.15) is 17.3 Å². The van der Waals surface area contributed by atoms with E-state index in [4.69, 9.17) is 15.9 Å². The number of Topliss-reactive ketones (excluding diaryl/α,β-unsaturated/α-hetero) is 1. The summed E-state index contributed by atoms with van der Waals surface area (Å²) in [6.45, 7) is 2.42. The molecule has 0 bridgehead atoms. The Morgan fingerprint density at radius 3 is 2.17 bits per heavy atom. The number of rotatable bonds is 7. The Labute approximate surface area is 136 Å². The standard InChI is InChI=1S/C18H22N2O3/c1-13(23)14-2-4-15(5-3-14)17-12-16(6-7-18(17)19)20(8-10-21)9-11-22/h2-7,12,21-22H,8-11,19H2,1H3. The second-order valence-electron chi connectivity index (χ2n) is 5.34. The monoisotopic (exact) mass is 314 g/mol. The van der Waals surface area contributed by atoms with Crippen molar-refractivity contribution in [3.63, 3.8) is 0 Å². The summed E-state index contributed by atoms with van der Waals surface area (Å²) in [6, 6.07) is 12.9. The van der Waals surface area contributed by atoms with Gasteiger partial charge in [0.15, 0.2) is 5.78 Å². The van der Waals surface area contributed by atoms with Crippen LogP contribution in [0.3, 0.4) is 0 Å². The van der Waals surface area contributed by atoms with Gasteiger partial charge in [-0.1, -0.05) is 24.3 Å². The number of carbonyl (C=O) groups is 1. The average Bonchev–Trinajstić information content (AvgIpc) is 2.55. The Morgan fingerprint density at radius 1 is 1.04 bits per heavy atom. The summed E-state index contributed by atoms with van der Waals surface area (Å²) < 4.78 is 0. The Balaban J connectivity index is 2.38. The van der Waals surface area contributed by atoms with E-state index in [0.717, 1.165) is 16.8 Å². The summed E-state index contributed by atoms with van der Waals surface area (Å²) >= 11 is 0. The van der Waals surface area contributed by atoms with Crippen molar-refractivity contribution >= 4 is 17.2 Å². The third kappa shape index (κ3) is 4.09. The molecule has 0 heterocycles. The highest BCUT2D eigenvalue weighted by Gasteiger charge is 2.10. The third-order valence-corrected chi connectivity index (χ3v) is 3.74. The molecule has 0 unspecified atom stereocenters. The zero-order valence-electron chi connectivity index (χ0n) is 13.2. The van der Waals surface area contributed by atoms with Crippen molar-refractivity contribution in [1.82, 2.24) is 0 Å². The van der Waals surface area contributed by atoms with E-state index in [9.17, 15) is 4.79 Å². The molecule has 23 heavy (non-hydrogen) atoms. The van der Waals surface area contributed by atoms with E-state index in [-0.39, 0.29) is 19.0 Å². The van der Waals surface area contributed by atoms with Crippen LogP contribution in [0.25, 0.3) is 11.1 Å². The van der Waals surface area contributed by atoms with Crippen LogP contribution in [0, 0.1) is 0 Å². The van der Waals surface area contributed by atoms with Gasteiger partial charge in [0.1, 0.15) is 0 Å². The predicted molar refractivity (Wildman–Crippen MR) is 92.7 cm³/mol. The fourth-order valence-electron chi connectivity index (χ4n) is 2.49. The number of carbonyl (C=O) groups excluding carboxylic acids is 1. The van der Waals surface area contributed by atoms with Crippen LogP contribution in [0.2, 0.25) is 0 Å². The number of anilines is 2. The molecule has 5 nitrogen and oxygen atoms in total. The average molecular weight is 314 g/mol. The zero-order valence-corrected chi connectivity index (χ0v) is 13.2. The molecular formula is C18H22N2O3. The molecular weight excluding hydrogens is 292 g/mol. The number of nitrogen functional groups attached to an aromatic ring is 1. The SMILES string of the molecule is CC(=O)c1ccc(-c2cc(N(CCO)CCO)ccc2N)cc1. The van der Waals surface area contributed by atoms with Crippen LogP contribution >= 0.6 is 0 Å². The molecule has 0 aliphatic rings. The Bertz CT molecular complexity index is 662. The first-order valence-electron chi connectivity index (χ1n) is 7.54. The minimum absolute atomic E-state index is 0.00696. The highest BCUT2D eigenvalue weighted by Crippen LogP contribution is 2.30. The molecule has 0 amide bonds. The van der Waals surface area contributed by atoms with E-state index in [1.165, 1.54) is 6.92 Å². The number of hydrogen-bond donors (Lipinski definition) is 3. The van der Waals surface area contributed by atoms with E-state index >= 15 is 0 Å². The molecule has 2 aromatic rings. The number of aliphatic hydroxyl groups excluding tert-OH is 2. The molecule has 0 atom stereocenters. The van der Waals surface area contributed by atoms with Crippen LogP contribution in [0.4, 0.5) is 11.4 Å². The van der Waals surface area contributed by atoms with Crippen LogP contribution in [-0.4, -0.2) is 42.3 Å². The lowest BCUT2D eigenvalue weighted by Crippen LogP contribution is -2.29. The van der Waals surface area contributed by atoms with Gasteiger partial charge >= 0.3 is 0 Å². The Morgan fingerprint density at radius 2 is 1.65 bits per heavy atom. The molecule has 0 radical (unpaired) electrons. The van der Waals surface area contributed by atoms with Crippen LogP contribution in [-0.2, 0) is 0 Å². The zero-order chi connectivity index (χ0) is 16.8. The van der Waals surface area contributed by atoms with Crippen molar-refractivity contribution in [3.8, 4) is 11.1 Å². The number of benzene rings is 2. The highest BCUT2D eigenvalue weighted by molar-refractivity contribution is 5.94. The van der Waals surface area contributed by atoms with E-state index in [0.29, 0.717) is 24.3 Å². The van der Waals surface area contributed by atoms with Crippen molar-refractivity contribution in [3.05, 3.63) is 48.0 Å². The first-order valence-corrected chi connectivity index (χ1v) is 7.54. The van der Waals surface area contributed by atoms with Gasteiger partial charge in [0.05, 0.1) is 13.2 Å². The molecule has 5 heteroatoms. The topological polar surface area (TPSA) is 86.8 Å². The lowest BCUT2D eigenvalue weighted by molar-refractivity contribution is 0.101. The molecule has 2 rings (SSSR count). The van der Waals surface area contributed by atoms with Gasteiger partial charge in [-0.2, -0.15) is 0 Å². The third-order valence-electron chi connectivity index (χ3n) is 3.74. The smallest absolute Gasteiger partial charge is 0.159 e. The first-order chi connectivity index (χ1) is 11.1. The maximum absolute atomic E-state index is 11.4. The van der Waals surface area contributed by atoms with Gasteiger partial charge in [-0.25, -0.2) is 0 Å². The molecule has 0 aliphatic carbocycles. The van der Waals surface area contributed by atoms with Crippen molar-refractivity contribution in [2.45, 2.75) is 6.92 Å². The molecule has 0 aliphatic heterocycles. The molecule has 0 saturated heterocycles. The second-order valence-corrected chi connectivity index (χ2v) is 5.34. The summed E-state index contributed by atoms with van der Waals surface area (Å²) in [6.07, 6.45) is 0. The number of nitrogens with two attached hydrogens (primary N) is 1. The minimum Gasteiger partial charge on any atom is -0.398 e. The predicted octanol–water partition coefficient (Wildman–Crippen LogP) is 1.93. The lowest BCUT2D eigenvalue weighted by atomic mass is 10.0. The van der Waals surface area contributed by atoms with Crippen molar-refractivity contribution < 1.29 is 15.0 Å².